The van der Waals surface area contributed by atoms with Gasteiger partial charge in [0.05, 0.1) is 0 Å². The zero-order valence-corrected chi connectivity index (χ0v) is 12.5. The van der Waals surface area contributed by atoms with Crippen LogP contribution in [0.1, 0.15) is 51.3 Å². The number of hydrogen-bond donors (Lipinski definition) is 1. The summed E-state index contributed by atoms with van der Waals surface area (Å²) < 4.78 is 11.4. The summed E-state index contributed by atoms with van der Waals surface area (Å²) in [7, 11) is 1.85. The van der Waals surface area contributed by atoms with Gasteiger partial charge in [-0.15, -0.1) is 0 Å². The van der Waals surface area contributed by atoms with Gasteiger partial charge in [0.2, 0.25) is 5.88 Å². The van der Waals surface area contributed by atoms with Crippen molar-refractivity contribution >= 4 is 5.82 Å². The molecule has 0 radical (unpaired) electrons. The Bertz CT molecular complexity index is 404. The molecule has 2 rings (SSSR count). The average molecular weight is 279 g/mol. The fourth-order valence-corrected chi connectivity index (χ4v) is 2.45. The van der Waals surface area contributed by atoms with E-state index in [1.165, 1.54) is 25.7 Å². The van der Waals surface area contributed by atoms with E-state index in [4.69, 9.17) is 9.47 Å². The molecule has 0 aliphatic heterocycles. The molecule has 1 aromatic rings. The molecule has 0 amide bonds. The largest absolute Gasteiger partial charge is 0.474 e. The van der Waals surface area contributed by atoms with Crippen LogP contribution in [-0.2, 0) is 11.3 Å². The zero-order valence-electron chi connectivity index (χ0n) is 12.5. The Morgan fingerprint density at radius 1 is 1.20 bits per heavy atom. The van der Waals surface area contributed by atoms with Gasteiger partial charge in [-0.05, 0) is 32.6 Å². The fourth-order valence-electron chi connectivity index (χ4n) is 2.45. The van der Waals surface area contributed by atoms with Crippen LogP contribution in [0.5, 0.6) is 5.88 Å². The Balaban J connectivity index is 2.04. The van der Waals surface area contributed by atoms with Gasteiger partial charge in [0.25, 0.3) is 0 Å². The minimum atomic E-state index is 0.289. The first-order valence-electron chi connectivity index (χ1n) is 7.62. The number of anilines is 1. The van der Waals surface area contributed by atoms with E-state index in [9.17, 15) is 0 Å². The van der Waals surface area contributed by atoms with E-state index in [-0.39, 0.29) is 6.10 Å². The quantitative estimate of drug-likeness (QED) is 0.811. The molecule has 1 N–H and O–H groups in total. The minimum absolute atomic E-state index is 0.289. The van der Waals surface area contributed by atoms with Crippen molar-refractivity contribution in [3.63, 3.8) is 0 Å². The number of hydrogen-bond acceptors (Lipinski definition) is 5. The van der Waals surface area contributed by atoms with E-state index >= 15 is 0 Å². The van der Waals surface area contributed by atoms with Crippen molar-refractivity contribution in [2.45, 2.75) is 58.2 Å². The van der Waals surface area contributed by atoms with Crippen LogP contribution in [0.3, 0.4) is 0 Å². The lowest BCUT2D eigenvalue weighted by Crippen LogP contribution is -2.17. The van der Waals surface area contributed by atoms with Crippen molar-refractivity contribution in [2.75, 3.05) is 19.0 Å². The zero-order chi connectivity index (χ0) is 14.2. The number of nitrogens with one attached hydrogen (secondary N) is 1. The molecule has 1 saturated carbocycles. The molecule has 1 aliphatic carbocycles. The molecule has 0 unspecified atom stereocenters. The van der Waals surface area contributed by atoms with E-state index in [2.05, 4.69) is 15.3 Å². The molecular formula is C15H25N3O2. The maximum absolute atomic E-state index is 6.05. The predicted octanol–water partition coefficient (Wildman–Crippen LogP) is 3.16. The highest BCUT2D eigenvalue weighted by Gasteiger charge is 2.15. The van der Waals surface area contributed by atoms with Gasteiger partial charge in [0, 0.05) is 19.7 Å². The molecule has 20 heavy (non-hydrogen) atoms. The van der Waals surface area contributed by atoms with Crippen molar-refractivity contribution in [1.82, 2.24) is 9.97 Å². The molecule has 1 aliphatic rings. The molecule has 1 fully saturated rings. The van der Waals surface area contributed by atoms with Gasteiger partial charge < -0.3 is 14.8 Å². The summed E-state index contributed by atoms with van der Waals surface area (Å²) in [5, 5.41) is 3.05. The lowest BCUT2D eigenvalue weighted by atomic mass is 10.1. The Hall–Kier alpha value is -1.36. The maximum Gasteiger partial charge on any atom is 0.219 e. The first kappa shape index (κ1) is 15.0. The summed E-state index contributed by atoms with van der Waals surface area (Å²) in [5.74, 6) is 2.10. The summed E-state index contributed by atoms with van der Waals surface area (Å²) in [4.78, 5) is 8.82. The molecule has 0 atom stereocenters. The average Bonchev–Trinajstić information content (AvgIpc) is 2.73. The first-order chi connectivity index (χ1) is 9.81. The normalized spacial score (nSPS) is 16.7. The highest BCUT2D eigenvalue weighted by molar-refractivity contribution is 5.37. The number of rotatable bonds is 6. The van der Waals surface area contributed by atoms with Crippen molar-refractivity contribution in [3.8, 4) is 5.88 Å². The third kappa shape index (κ3) is 4.63. The molecular weight excluding hydrogens is 254 g/mol. The second-order valence-corrected chi connectivity index (χ2v) is 5.13. The van der Waals surface area contributed by atoms with Crippen molar-refractivity contribution in [2.24, 2.45) is 0 Å². The van der Waals surface area contributed by atoms with Crippen LogP contribution in [0, 0.1) is 0 Å². The third-order valence-corrected chi connectivity index (χ3v) is 3.53. The van der Waals surface area contributed by atoms with Crippen LogP contribution >= 0.6 is 0 Å². The second kappa shape index (κ2) is 8.04. The number of ether oxygens (including phenoxy) is 2. The van der Waals surface area contributed by atoms with Gasteiger partial charge in [0.1, 0.15) is 18.5 Å². The minimum Gasteiger partial charge on any atom is -0.474 e. The molecule has 0 aromatic carbocycles. The molecule has 112 valence electrons. The van der Waals surface area contributed by atoms with Gasteiger partial charge in [0.15, 0.2) is 5.82 Å². The van der Waals surface area contributed by atoms with Crippen LogP contribution in [0.15, 0.2) is 6.07 Å². The van der Waals surface area contributed by atoms with E-state index in [0.29, 0.717) is 24.9 Å². The first-order valence-corrected chi connectivity index (χ1v) is 7.62. The highest BCUT2D eigenvalue weighted by atomic mass is 16.5. The lowest BCUT2D eigenvalue weighted by Gasteiger charge is -2.17. The summed E-state index contributed by atoms with van der Waals surface area (Å²) in [6.07, 6.45) is 7.68. The molecule has 0 saturated heterocycles. The van der Waals surface area contributed by atoms with Gasteiger partial charge in [-0.1, -0.05) is 12.8 Å². The summed E-state index contributed by atoms with van der Waals surface area (Å²) in [5.41, 5.74) is 0. The van der Waals surface area contributed by atoms with Gasteiger partial charge >= 0.3 is 0 Å². The molecule has 5 heteroatoms. The monoisotopic (exact) mass is 279 g/mol. The lowest BCUT2D eigenvalue weighted by molar-refractivity contribution is 0.125. The summed E-state index contributed by atoms with van der Waals surface area (Å²) >= 11 is 0. The molecule has 0 spiro atoms. The molecule has 5 nitrogen and oxygen atoms in total. The van der Waals surface area contributed by atoms with E-state index in [1.807, 2.05) is 20.0 Å². The highest BCUT2D eigenvalue weighted by Crippen LogP contribution is 2.23. The molecule has 1 aromatic heterocycles. The number of nitrogens with zero attached hydrogens (tertiary/aromatic N) is 2. The van der Waals surface area contributed by atoms with E-state index in [1.54, 1.807) is 0 Å². The van der Waals surface area contributed by atoms with Crippen LogP contribution in [-0.4, -0.2) is 29.7 Å². The van der Waals surface area contributed by atoms with Gasteiger partial charge in [-0.2, -0.15) is 4.98 Å². The predicted molar refractivity (Wildman–Crippen MR) is 79.0 cm³/mol. The Labute approximate surface area is 121 Å². The second-order valence-electron chi connectivity index (χ2n) is 5.13. The third-order valence-electron chi connectivity index (χ3n) is 3.53. The standard InChI is InChI=1S/C15H25N3O2/c1-3-19-11-14-17-13(16-2)10-15(18-14)20-12-8-6-4-5-7-9-12/h10,12H,3-9,11H2,1-2H3,(H,16,17,18). The smallest absolute Gasteiger partial charge is 0.219 e. The molecule has 0 bridgehead atoms. The van der Waals surface area contributed by atoms with Crippen LogP contribution in [0.2, 0.25) is 0 Å². The van der Waals surface area contributed by atoms with Crippen molar-refractivity contribution in [1.29, 1.82) is 0 Å². The number of aromatic nitrogens is 2. The van der Waals surface area contributed by atoms with E-state index in [0.717, 1.165) is 18.7 Å². The van der Waals surface area contributed by atoms with Crippen LogP contribution < -0.4 is 10.1 Å². The van der Waals surface area contributed by atoms with Gasteiger partial charge in [-0.3, -0.25) is 0 Å². The Kier molecular flexibility index (Phi) is 6.05. The van der Waals surface area contributed by atoms with Gasteiger partial charge in [-0.25, -0.2) is 4.98 Å². The topological polar surface area (TPSA) is 56.3 Å². The maximum atomic E-state index is 6.05. The SMILES string of the molecule is CCOCc1nc(NC)cc(OC2CCCCCC2)n1. The molecule has 1 heterocycles. The Morgan fingerprint density at radius 2 is 1.95 bits per heavy atom. The Morgan fingerprint density at radius 3 is 2.60 bits per heavy atom. The van der Waals surface area contributed by atoms with Crippen molar-refractivity contribution < 1.29 is 9.47 Å². The summed E-state index contributed by atoms with van der Waals surface area (Å²) in [6, 6.07) is 1.86. The van der Waals surface area contributed by atoms with Crippen LogP contribution in [0.4, 0.5) is 5.82 Å². The fraction of sp³-hybridized carbons (Fsp3) is 0.733. The van der Waals surface area contributed by atoms with E-state index < -0.39 is 0 Å². The van der Waals surface area contributed by atoms with Crippen molar-refractivity contribution in [3.05, 3.63) is 11.9 Å². The summed E-state index contributed by atoms with van der Waals surface area (Å²) in [6.45, 7) is 3.05. The van der Waals surface area contributed by atoms with Crippen LogP contribution in [0.25, 0.3) is 0 Å².